The predicted octanol–water partition coefficient (Wildman–Crippen LogP) is 1.34. The molecule has 2 N–H and O–H groups in total. The van der Waals surface area contributed by atoms with Gasteiger partial charge in [-0.15, -0.1) is 0 Å². The van der Waals surface area contributed by atoms with E-state index in [1.165, 1.54) is 13.8 Å². The zero-order valence-corrected chi connectivity index (χ0v) is 10.6. The van der Waals surface area contributed by atoms with Crippen LogP contribution < -0.4 is 0 Å². The maximum atomic E-state index is 12.2. The Morgan fingerprint density at radius 2 is 1.44 bits per heavy atom. The Balaban J connectivity index is 0.00000289. The Hall–Kier alpha value is -0.691. The summed E-state index contributed by atoms with van der Waals surface area (Å²) in [5.41, 5.74) is 0.267. The van der Waals surface area contributed by atoms with Crippen LogP contribution in [-0.2, 0) is 23.2 Å². The van der Waals surface area contributed by atoms with E-state index in [1.54, 1.807) is 0 Å². The molecule has 1 rings (SSSR count). The molecule has 0 aromatic carbocycles. The molecule has 2 atom stereocenters. The molecule has 0 saturated carbocycles. The van der Waals surface area contributed by atoms with Crippen molar-refractivity contribution < 1.29 is 40.5 Å². The zero-order valence-electron chi connectivity index (χ0n) is 9.61. The van der Waals surface area contributed by atoms with Gasteiger partial charge in [0.2, 0.25) is 5.82 Å². The second-order valence-electron chi connectivity index (χ2n) is 3.84. The van der Waals surface area contributed by atoms with E-state index in [0.29, 0.717) is 0 Å². The SMILES string of the molecule is CC(O)C(c1cnc(C(F)(F)F)nc1)C(C)O.[Cu]. The van der Waals surface area contributed by atoms with Gasteiger partial charge in [0.1, 0.15) is 0 Å². The van der Waals surface area contributed by atoms with Gasteiger partial charge in [0.15, 0.2) is 0 Å². The van der Waals surface area contributed by atoms with E-state index < -0.39 is 30.1 Å². The normalized spacial score (nSPS) is 16.6. The summed E-state index contributed by atoms with van der Waals surface area (Å²) in [6.45, 7) is 2.88. The molecule has 4 nitrogen and oxygen atoms in total. The van der Waals surface area contributed by atoms with E-state index in [2.05, 4.69) is 9.97 Å². The van der Waals surface area contributed by atoms with Gasteiger partial charge in [-0.1, -0.05) is 0 Å². The molecule has 0 bridgehead atoms. The first kappa shape index (κ1) is 17.3. The van der Waals surface area contributed by atoms with Crippen LogP contribution in [-0.4, -0.2) is 32.4 Å². The van der Waals surface area contributed by atoms with Crippen LogP contribution in [0.15, 0.2) is 12.4 Å². The molecule has 0 aliphatic rings. The molecule has 2 unspecified atom stereocenters. The molecular weight excluding hydrogens is 301 g/mol. The minimum atomic E-state index is -4.59. The molecule has 0 fully saturated rings. The van der Waals surface area contributed by atoms with E-state index in [1.807, 2.05) is 0 Å². The van der Waals surface area contributed by atoms with Crippen molar-refractivity contribution >= 4 is 0 Å². The number of hydrogen-bond donors (Lipinski definition) is 2. The van der Waals surface area contributed by atoms with Gasteiger partial charge >= 0.3 is 6.18 Å². The third-order valence-electron chi connectivity index (χ3n) is 2.35. The van der Waals surface area contributed by atoms with Gasteiger partial charge < -0.3 is 10.2 Å². The van der Waals surface area contributed by atoms with Crippen LogP contribution in [0.3, 0.4) is 0 Å². The van der Waals surface area contributed by atoms with E-state index in [0.717, 1.165) is 12.4 Å². The number of alkyl halides is 3. The second-order valence-corrected chi connectivity index (χ2v) is 3.84. The molecule has 0 spiro atoms. The summed E-state index contributed by atoms with van der Waals surface area (Å²) in [5.74, 6) is -1.95. The van der Waals surface area contributed by atoms with Gasteiger partial charge in [-0.05, 0) is 19.4 Å². The first-order chi connectivity index (χ1) is 7.73. The van der Waals surface area contributed by atoms with Crippen LogP contribution >= 0.6 is 0 Å². The summed E-state index contributed by atoms with van der Waals surface area (Å²) < 4.78 is 36.6. The minimum Gasteiger partial charge on any atom is -0.393 e. The summed E-state index contributed by atoms with van der Waals surface area (Å²) in [6.07, 6.45) is -4.46. The number of aliphatic hydroxyl groups excluding tert-OH is 2. The quantitative estimate of drug-likeness (QED) is 0.827. The molecule has 0 aliphatic carbocycles. The van der Waals surface area contributed by atoms with Crippen molar-refractivity contribution in [1.82, 2.24) is 9.97 Å². The second kappa shape index (κ2) is 6.47. The van der Waals surface area contributed by atoms with Crippen LogP contribution in [0.25, 0.3) is 0 Å². The van der Waals surface area contributed by atoms with Gasteiger partial charge in [-0.2, -0.15) is 13.2 Å². The molecule has 107 valence electrons. The Morgan fingerprint density at radius 1 is 1.06 bits per heavy atom. The summed E-state index contributed by atoms with van der Waals surface area (Å²) in [7, 11) is 0. The van der Waals surface area contributed by atoms with Crippen LogP contribution in [0.4, 0.5) is 13.2 Å². The first-order valence-electron chi connectivity index (χ1n) is 4.98. The summed E-state index contributed by atoms with van der Waals surface area (Å²) >= 11 is 0. The number of aromatic nitrogens is 2. The van der Waals surface area contributed by atoms with Gasteiger partial charge in [-0.3, -0.25) is 0 Å². The van der Waals surface area contributed by atoms with Crippen molar-refractivity contribution in [2.24, 2.45) is 0 Å². The van der Waals surface area contributed by atoms with Gasteiger partial charge in [-0.25, -0.2) is 9.97 Å². The number of halogens is 3. The van der Waals surface area contributed by atoms with Crippen LogP contribution in [0, 0.1) is 0 Å². The zero-order chi connectivity index (χ0) is 13.2. The largest absolute Gasteiger partial charge is 0.451 e. The van der Waals surface area contributed by atoms with Crippen molar-refractivity contribution in [3.63, 3.8) is 0 Å². The van der Waals surface area contributed by atoms with E-state index in [-0.39, 0.29) is 22.6 Å². The van der Waals surface area contributed by atoms with E-state index >= 15 is 0 Å². The van der Waals surface area contributed by atoms with Crippen LogP contribution in [0.5, 0.6) is 0 Å². The third-order valence-corrected chi connectivity index (χ3v) is 2.35. The number of aliphatic hydroxyl groups is 2. The maximum absolute atomic E-state index is 12.2. The monoisotopic (exact) mass is 313 g/mol. The van der Waals surface area contributed by atoms with Crippen molar-refractivity contribution in [2.75, 3.05) is 0 Å². The Bertz CT molecular complexity index is 360. The fraction of sp³-hybridized carbons (Fsp3) is 0.600. The van der Waals surface area contributed by atoms with Crippen molar-refractivity contribution in [3.8, 4) is 0 Å². The Morgan fingerprint density at radius 3 is 1.72 bits per heavy atom. The van der Waals surface area contributed by atoms with Crippen molar-refractivity contribution in [2.45, 2.75) is 38.1 Å². The van der Waals surface area contributed by atoms with Crippen LogP contribution in [0.1, 0.15) is 31.2 Å². The molecular formula is C10H13CuF3N2O2. The Labute approximate surface area is 113 Å². The van der Waals surface area contributed by atoms with Crippen LogP contribution in [0.2, 0.25) is 0 Å². The fourth-order valence-electron chi connectivity index (χ4n) is 1.62. The average molecular weight is 314 g/mol. The predicted molar refractivity (Wildman–Crippen MR) is 53.1 cm³/mol. The van der Waals surface area contributed by atoms with Gasteiger partial charge in [0.05, 0.1) is 12.2 Å². The minimum absolute atomic E-state index is 0. The standard InChI is InChI=1S/C10H13F3N2O2.Cu/c1-5(16)8(6(2)17)7-3-14-9(15-4-7)10(11,12)13;/h3-6,8,16-17H,1-2H3;. The van der Waals surface area contributed by atoms with Crippen molar-refractivity contribution in [3.05, 3.63) is 23.8 Å². The molecule has 1 aromatic rings. The van der Waals surface area contributed by atoms with Gasteiger partial charge in [0.25, 0.3) is 0 Å². The summed E-state index contributed by atoms with van der Waals surface area (Å²) in [4.78, 5) is 6.35. The topological polar surface area (TPSA) is 66.2 Å². The smallest absolute Gasteiger partial charge is 0.393 e. The Kier molecular flexibility index (Phi) is 6.22. The van der Waals surface area contributed by atoms with E-state index in [4.69, 9.17) is 0 Å². The molecule has 0 aliphatic heterocycles. The molecule has 8 heteroatoms. The molecule has 18 heavy (non-hydrogen) atoms. The summed E-state index contributed by atoms with van der Waals surface area (Å²) in [6, 6.07) is 0. The van der Waals surface area contributed by atoms with E-state index in [9.17, 15) is 23.4 Å². The van der Waals surface area contributed by atoms with Crippen molar-refractivity contribution in [1.29, 1.82) is 0 Å². The summed E-state index contributed by atoms with van der Waals surface area (Å²) in [5, 5.41) is 18.9. The first-order valence-corrected chi connectivity index (χ1v) is 4.98. The van der Waals surface area contributed by atoms with Gasteiger partial charge in [0, 0.05) is 35.4 Å². The molecule has 1 heterocycles. The number of nitrogens with zero attached hydrogens (tertiary/aromatic N) is 2. The number of hydrogen-bond acceptors (Lipinski definition) is 4. The fourth-order valence-corrected chi connectivity index (χ4v) is 1.62. The average Bonchev–Trinajstić information content (AvgIpc) is 2.15. The number of rotatable bonds is 3. The molecule has 1 radical (unpaired) electrons. The maximum Gasteiger partial charge on any atom is 0.451 e. The molecule has 0 amide bonds. The molecule has 1 aromatic heterocycles. The third kappa shape index (κ3) is 4.20. The molecule has 0 saturated heterocycles.